The van der Waals surface area contributed by atoms with Crippen molar-refractivity contribution in [3.8, 4) is 11.3 Å². The van der Waals surface area contributed by atoms with E-state index in [2.05, 4.69) is 14.9 Å². The van der Waals surface area contributed by atoms with E-state index >= 15 is 0 Å². The first-order valence-electron chi connectivity index (χ1n) is 3.51. The highest BCUT2D eigenvalue weighted by atomic mass is 16.5. The SMILES string of the molecule is Nc1onnc1-c1ccccc1. The maximum Gasteiger partial charge on any atom is 0.250 e. The molecule has 0 aliphatic rings. The Morgan fingerprint density at radius 3 is 2.50 bits per heavy atom. The third kappa shape index (κ3) is 1.03. The Morgan fingerprint density at radius 1 is 1.17 bits per heavy atom. The molecule has 2 N–H and O–H groups in total. The fraction of sp³-hybridized carbons (Fsp3) is 0. The molecular weight excluding hydrogens is 154 g/mol. The zero-order valence-corrected chi connectivity index (χ0v) is 6.27. The molecule has 4 nitrogen and oxygen atoms in total. The van der Waals surface area contributed by atoms with Crippen LogP contribution in [-0.4, -0.2) is 10.4 Å². The van der Waals surface area contributed by atoms with Crippen LogP contribution in [-0.2, 0) is 0 Å². The van der Waals surface area contributed by atoms with Gasteiger partial charge in [-0.1, -0.05) is 30.3 Å². The largest absolute Gasteiger partial charge is 0.366 e. The molecule has 1 aromatic heterocycles. The summed E-state index contributed by atoms with van der Waals surface area (Å²) in [5, 5.41) is 7.09. The maximum absolute atomic E-state index is 5.48. The summed E-state index contributed by atoms with van der Waals surface area (Å²) in [6.07, 6.45) is 0. The van der Waals surface area contributed by atoms with Gasteiger partial charge in [0.2, 0.25) is 0 Å². The summed E-state index contributed by atoms with van der Waals surface area (Å²) in [5.41, 5.74) is 6.99. The number of anilines is 1. The lowest BCUT2D eigenvalue weighted by atomic mass is 10.2. The van der Waals surface area contributed by atoms with Crippen LogP contribution < -0.4 is 5.73 Å². The van der Waals surface area contributed by atoms with Gasteiger partial charge < -0.3 is 10.3 Å². The van der Waals surface area contributed by atoms with Gasteiger partial charge in [0.05, 0.1) is 0 Å². The van der Waals surface area contributed by atoms with Crippen molar-refractivity contribution in [1.82, 2.24) is 10.4 Å². The summed E-state index contributed by atoms with van der Waals surface area (Å²) in [4.78, 5) is 0. The lowest BCUT2D eigenvalue weighted by Crippen LogP contribution is -1.85. The molecule has 1 heterocycles. The van der Waals surface area contributed by atoms with Crippen molar-refractivity contribution < 1.29 is 4.52 Å². The molecule has 2 rings (SSSR count). The van der Waals surface area contributed by atoms with Crippen LogP contribution in [0.15, 0.2) is 34.9 Å². The van der Waals surface area contributed by atoms with Crippen molar-refractivity contribution in [2.45, 2.75) is 0 Å². The second kappa shape index (κ2) is 2.65. The minimum atomic E-state index is 0.251. The number of hydrogen-bond donors (Lipinski definition) is 1. The maximum atomic E-state index is 5.48. The van der Waals surface area contributed by atoms with Gasteiger partial charge in [0, 0.05) is 10.8 Å². The third-order valence-electron chi connectivity index (χ3n) is 1.56. The average molecular weight is 161 g/mol. The highest BCUT2D eigenvalue weighted by molar-refractivity contribution is 5.67. The minimum Gasteiger partial charge on any atom is -0.366 e. The third-order valence-corrected chi connectivity index (χ3v) is 1.56. The van der Waals surface area contributed by atoms with Crippen LogP contribution in [0.4, 0.5) is 5.88 Å². The van der Waals surface area contributed by atoms with Gasteiger partial charge in [-0.25, -0.2) is 0 Å². The van der Waals surface area contributed by atoms with Crippen molar-refractivity contribution in [1.29, 1.82) is 0 Å². The first kappa shape index (κ1) is 6.84. The Labute approximate surface area is 69.0 Å². The van der Waals surface area contributed by atoms with Gasteiger partial charge in [-0.2, -0.15) is 0 Å². The van der Waals surface area contributed by atoms with Crippen LogP contribution in [0, 0.1) is 0 Å². The van der Waals surface area contributed by atoms with Crippen molar-refractivity contribution in [3.63, 3.8) is 0 Å². The van der Waals surface area contributed by atoms with E-state index in [4.69, 9.17) is 5.73 Å². The van der Waals surface area contributed by atoms with Gasteiger partial charge in [-0.15, -0.1) is 5.10 Å². The van der Waals surface area contributed by atoms with Gasteiger partial charge in [-0.3, -0.25) is 0 Å². The van der Waals surface area contributed by atoms with Gasteiger partial charge in [0.25, 0.3) is 5.88 Å². The van der Waals surface area contributed by atoms with Crippen molar-refractivity contribution in [3.05, 3.63) is 30.3 Å². The van der Waals surface area contributed by atoms with Gasteiger partial charge in [0.15, 0.2) is 5.69 Å². The van der Waals surface area contributed by atoms with Gasteiger partial charge >= 0.3 is 0 Å². The highest BCUT2D eigenvalue weighted by Gasteiger charge is 2.06. The van der Waals surface area contributed by atoms with Crippen LogP contribution in [0.1, 0.15) is 0 Å². The zero-order valence-electron chi connectivity index (χ0n) is 6.27. The Morgan fingerprint density at radius 2 is 1.92 bits per heavy atom. The predicted octanol–water partition coefficient (Wildman–Crippen LogP) is 1.32. The summed E-state index contributed by atoms with van der Waals surface area (Å²) < 4.78 is 4.64. The highest BCUT2D eigenvalue weighted by Crippen LogP contribution is 2.21. The zero-order chi connectivity index (χ0) is 8.39. The Hall–Kier alpha value is -1.84. The first-order valence-corrected chi connectivity index (χ1v) is 3.51. The molecule has 12 heavy (non-hydrogen) atoms. The van der Waals surface area contributed by atoms with Crippen molar-refractivity contribution in [2.75, 3.05) is 5.73 Å². The quantitative estimate of drug-likeness (QED) is 0.685. The second-order valence-electron chi connectivity index (χ2n) is 2.35. The Kier molecular flexibility index (Phi) is 1.51. The van der Waals surface area contributed by atoms with E-state index in [1.807, 2.05) is 30.3 Å². The molecule has 0 saturated carbocycles. The number of aromatic nitrogens is 2. The molecule has 0 bridgehead atoms. The summed E-state index contributed by atoms with van der Waals surface area (Å²) in [7, 11) is 0. The van der Waals surface area contributed by atoms with Crippen LogP contribution in [0.2, 0.25) is 0 Å². The minimum absolute atomic E-state index is 0.251. The van der Waals surface area contributed by atoms with Crippen LogP contribution in [0.25, 0.3) is 11.3 Å². The lowest BCUT2D eigenvalue weighted by molar-refractivity contribution is 0.407. The molecule has 0 saturated heterocycles. The smallest absolute Gasteiger partial charge is 0.250 e. The van der Waals surface area contributed by atoms with Crippen LogP contribution in [0.5, 0.6) is 0 Å². The molecule has 60 valence electrons. The molecule has 0 spiro atoms. The molecule has 0 radical (unpaired) electrons. The number of hydrogen-bond acceptors (Lipinski definition) is 4. The summed E-state index contributed by atoms with van der Waals surface area (Å²) in [6, 6.07) is 9.53. The number of nitrogen functional groups attached to an aromatic ring is 1. The molecule has 1 aromatic carbocycles. The van der Waals surface area contributed by atoms with Crippen LogP contribution >= 0.6 is 0 Å². The fourth-order valence-corrected chi connectivity index (χ4v) is 0.994. The molecular formula is C8H7N3O. The van der Waals surface area contributed by atoms with E-state index in [0.29, 0.717) is 5.69 Å². The van der Waals surface area contributed by atoms with Crippen molar-refractivity contribution >= 4 is 5.88 Å². The molecule has 0 amide bonds. The van der Waals surface area contributed by atoms with Gasteiger partial charge in [0.1, 0.15) is 0 Å². The van der Waals surface area contributed by atoms with Gasteiger partial charge in [-0.05, 0) is 0 Å². The number of benzene rings is 1. The summed E-state index contributed by atoms with van der Waals surface area (Å²) >= 11 is 0. The number of rotatable bonds is 1. The average Bonchev–Trinajstić information content (AvgIpc) is 2.53. The molecule has 0 aliphatic heterocycles. The topological polar surface area (TPSA) is 64.9 Å². The number of nitrogens with two attached hydrogens (primary N) is 1. The standard InChI is InChI=1S/C8H7N3O/c9-8-7(10-11-12-8)6-4-2-1-3-5-6/h1-5H,9H2. The molecule has 0 atom stereocenters. The molecule has 0 unspecified atom stereocenters. The fourth-order valence-electron chi connectivity index (χ4n) is 0.994. The molecule has 0 fully saturated rings. The Balaban J connectivity index is 2.51. The second-order valence-corrected chi connectivity index (χ2v) is 2.35. The normalized spacial score (nSPS) is 10.0. The molecule has 0 aliphatic carbocycles. The van der Waals surface area contributed by atoms with E-state index in [1.54, 1.807) is 0 Å². The first-order chi connectivity index (χ1) is 5.88. The van der Waals surface area contributed by atoms with E-state index in [9.17, 15) is 0 Å². The van der Waals surface area contributed by atoms with E-state index < -0.39 is 0 Å². The monoisotopic (exact) mass is 161 g/mol. The lowest BCUT2D eigenvalue weighted by Gasteiger charge is -1.92. The summed E-state index contributed by atoms with van der Waals surface area (Å²) in [5.74, 6) is 0.251. The van der Waals surface area contributed by atoms with E-state index in [0.717, 1.165) is 5.56 Å². The summed E-state index contributed by atoms with van der Waals surface area (Å²) in [6.45, 7) is 0. The van der Waals surface area contributed by atoms with Crippen molar-refractivity contribution in [2.24, 2.45) is 0 Å². The Bertz CT molecular complexity index is 369. The van der Waals surface area contributed by atoms with E-state index in [-0.39, 0.29) is 5.88 Å². The van der Waals surface area contributed by atoms with Crippen LogP contribution in [0.3, 0.4) is 0 Å². The molecule has 4 heteroatoms. The predicted molar refractivity (Wildman–Crippen MR) is 44.1 cm³/mol. The number of nitrogens with zero attached hydrogens (tertiary/aromatic N) is 2. The van der Waals surface area contributed by atoms with E-state index in [1.165, 1.54) is 0 Å². The molecule has 2 aromatic rings.